The Morgan fingerprint density at radius 1 is 0.259 bits per heavy atom. The lowest BCUT2D eigenvalue weighted by Gasteiger charge is -2.18. The fourth-order valence-electron chi connectivity index (χ4n) is 9.33. The molecule has 0 aliphatic heterocycles. The quantitative estimate of drug-likeness (QED) is 0.0261. The van der Waals surface area contributed by atoms with Gasteiger partial charge in [-0.1, -0.05) is 284 Å². The van der Waals surface area contributed by atoms with Crippen LogP contribution in [0.2, 0.25) is 0 Å². The highest BCUT2D eigenvalue weighted by Gasteiger charge is 2.19. The molecule has 0 N–H and O–H groups in total. The third kappa shape index (κ3) is 66.5. The first-order chi connectivity index (χ1) is 40.0. The maximum Gasteiger partial charge on any atom is 0.306 e. The zero-order valence-corrected chi connectivity index (χ0v) is 53.0. The second-order valence-corrected chi connectivity index (χ2v) is 22.3. The second-order valence-electron chi connectivity index (χ2n) is 22.3. The molecule has 0 radical (unpaired) electrons. The molecular weight excluding hydrogens is 997 g/mol. The van der Waals surface area contributed by atoms with Gasteiger partial charge in [0.25, 0.3) is 0 Å². The molecule has 1 unspecified atom stereocenters. The van der Waals surface area contributed by atoms with Crippen LogP contribution in [-0.2, 0) is 28.6 Å². The summed E-state index contributed by atoms with van der Waals surface area (Å²) in [4.78, 5) is 38.4. The maximum absolute atomic E-state index is 13.0. The molecule has 0 bridgehead atoms. The molecule has 0 aliphatic rings. The van der Waals surface area contributed by atoms with Crippen molar-refractivity contribution in [3.8, 4) is 0 Å². The lowest BCUT2D eigenvalue weighted by Crippen LogP contribution is -2.30. The van der Waals surface area contributed by atoms with Crippen LogP contribution in [0, 0.1) is 0 Å². The zero-order chi connectivity index (χ0) is 58.5. The topological polar surface area (TPSA) is 78.9 Å². The average Bonchev–Trinajstić information content (AvgIpc) is 3.47. The Balaban J connectivity index is 4.41. The molecule has 6 heteroatoms. The van der Waals surface area contributed by atoms with Crippen LogP contribution in [0.5, 0.6) is 0 Å². The molecule has 0 aromatic carbocycles. The minimum Gasteiger partial charge on any atom is -0.462 e. The summed E-state index contributed by atoms with van der Waals surface area (Å²) in [7, 11) is 0. The fraction of sp³-hybridized carbons (Fsp3) is 0.693. The molecule has 0 aromatic heterocycles. The van der Waals surface area contributed by atoms with Gasteiger partial charge in [0.15, 0.2) is 6.10 Å². The molecule has 0 saturated heterocycles. The minimum absolute atomic E-state index is 0.0923. The largest absolute Gasteiger partial charge is 0.462 e. The van der Waals surface area contributed by atoms with Crippen molar-refractivity contribution in [2.45, 2.75) is 322 Å². The highest BCUT2D eigenvalue weighted by Crippen LogP contribution is 2.16. The summed E-state index contributed by atoms with van der Waals surface area (Å²) in [6, 6.07) is 0. The number of hydrogen-bond donors (Lipinski definition) is 0. The van der Waals surface area contributed by atoms with Gasteiger partial charge >= 0.3 is 17.9 Å². The summed E-state index contributed by atoms with van der Waals surface area (Å²) >= 11 is 0. The Morgan fingerprint density at radius 2 is 0.481 bits per heavy atom. The second kappa shape index (κ2) is 68.3. The van der Waals surface area contributed by atoms with Crippen LogP contribution in [-0.4, -0.2) is 37.2 Å². The summed E-state index contributed by atoms with van der Waals surface area (Å²) < 4.78 is 17.0. The van der Waals surface area contributed by atoms with E-state index in [-0.39, 0.29) is 31.1 Å². The molecular formula is C75H126O6. The standard InChI is InChI=1S/C75H126O6/c1-4-7-10-13-16-19-22-25-28-30-32-34-36-37-39-40-42-44-47-50-53-56-59-62-65-68-74(77)80-71-72(70-79-73(76)67-64-61-58-55-52-49-46-27-24-21-18-15-12-9-6-3)81-75(78)69-66-63-60-57-54-51-48-45-43-41-38-35-33-31-29-26-23-20-17-14-11-8-5-2/h7,10,16,18-19,21,23,25-28,31-34,37,39,42,44,46,72H,4-6,8-9,11-15,17,20,22,24,29-30,35-36,38,40-41,43,45,47-71H2,1-3H3/b10-7-,19-16-,21-18-,26-23-,28-25-,33-31-,34-32-,39-37-,44-42-,46-27-. The van der Waals surface area contributed by atoms with Crippen molar-refractivity contribution in [1.82, 2.24) is 0 Å². The summed E-state index contributed by atoms with van der Waals surface area (Å²) in [5, 5.41) is 0. The Labute approximate surface area is 501 Å². The number of carbonyl (C=O) groups is 3. The highest BCUT2D eigenvalue weighted by molar-refractivity contribution is 5.71. The van der Waals surface area contributed by atoms with Gasteiger partial charge in [-0.15, -0.1) is 0 Å². The van der Waals surface area contributed by atoms with Crippen LogP contribution in [0.15, 0.2) is 122 Å². The smallest absolute Gasteiger partial charge is 0.306 e. The van der Waals surface area contributed by atoms with Gasteiger partial charge in [0.2, 0.25) is 0 Å². The van der Waals surface area contributed by atoms with Gasteiger partial charge in [-0.3, -0.25) is 14.4 Å². The Kier molecular flexibility index (Phi) is 64.8. The first kappa shape index (κ1) is 76.8. The van der Waals surface area contributed by atoms with Crippen LogP contribution < -0.4 is 0 Å². The van der Waals surface area contributed by atoms with Crippen LogP contribution >= 0.6 is 0 Å². The molecule has 0 aromatic rings. The van der Waals surface area contributed by atoms with Crippen molar-refractivity contribution in [3.05, 3.63) is 122 Å². The van der Waals surface area contributed by atoms with E-state index >= 15 is 0 Å². The molecule has 81 heavy (non-hydrogen) atoms. The van der Waals surface area contributed by atoms with Crippen molar-refractivity contribution >= 4 is 17.9 Å². The van der Waals surface area contributed by atoms with Gasteiger partial charge < -0.3 is 14.2 Å². The predicted octanol–water partition coefficient (Wildman–Crippen LogP) is 23.6. The SMILES string of the molecule is CC/C=C\C/C=C\C/C=C\C/C=C\C/C=C\C/C=C\CCCCCCCCC(=O)OCC(COC(=O)CCCCCCC/C=C\C/C=C\CCCCC)OC(=O)CCCCCCCCCCCCC/C=C\C/C=C\CCCCCCC. The maximum atomic E-state index is 13.0. The normalized spacial score (nSPS) is 12.9. The third-order valence-corrected chi connectivity index (χ3v) is 14.4. The van der Waals surface area contributed by atoms with E-state index in [2.05, 4.69) is 142 Å². The summed E-state index contributed by atoms with van der Waals surface area (Å²) in [6.45, 7) is 6.49. The number of hydrogen-bond acceptors (Lipinski definition) is 6. The number of esters is 3. The summed E-state index contributed by atoms with van der Waals surface area (Å²) in [6.07, 6.45) is 94.9. The van der Waals surface area contributed by atoms with E-state index in [4.69, 9.17) is 14.2 Å². The van der Waals surface area contributed by atoms with E-state index < -0.39 is 6.10 Å². The van der Waals surface area contributed by atoms with E-state index in [1.807, 2.05) is 0 Å². The van der Waals surface area contributed by atoms with Gasteiger partial charge in [0.05, 0.1) is 0 Å². The number of unbranched alkanes of at least 4 members (excludes halogenated alkanes) is 30. The van der Waals surface area contributed by atoms with Crippen molar-refractivity contribution < 1.29 is 28.6 Å². The monoisotopic (exact) mass is 1120 g/mol. The first-order valence-corrected chi connectivity index (χ1v) is 34.0. The van der Waals surface area contributed by atoms with Gasteiger partial charge in [0, 0.05) is 19.3 Å². The van der Waals surface area contributed by atoms with Crippen molar-refractivity contribution in [2.75, 3.05) is 13.2 Å². The van der Waals surface area contributed by atoms with Crippen LogP contribution in [0.1, 0.15) is 316 Å². The molecule has 1 atom stereocenters. The first-order valence-electron chi connectivity index (χ1n) is 34.0. The molecule has 0 amide bonds. The molecule has 0 aliphatic carbocycles. The van der Waals surface area contributed by atoms with Crippen molar-refractivity contribution in [3.63, 3.8) is 0 Å². The van der Waals surface area contributed by atoms with E-state index in [0.717, 1.165) is 141 Å². The van der Waals surface area contributed by atoms with Crippen LogP contribution in [0.3, 0.4) is 0 Å². The van der Waals surface area contributed by atoms with E-state index in [1.165, 1.54) is 135 Å². The Hall–Kier alpha value is -4.19. The predicted molar refractivity (Wildman–Crippen MR) is 353 cm³/mol. The Bertz CT molecular complexity index is 1670. The van der Waals surface area contributed by atoms with Crippen molar-refractivity contribution in [2.24, 2.45) is 0 Å². The molecule has 0 heterocycles. The van der Waals surface area contributed by atoms with E-state index in [0.29, 0.717) is 19.3 Å². The number of ether oxygens (including phenoxy) is 3. The van der Waals surface area contributed by atoms with Gasteiger partial charge in [0.1, 0.15) is 13.2 Å². The van der Waals surface area contributed by atoms with E-state index in [9.17, 15) is 14.4 Å². The fourth-order valence-corrected chi connectivity index (χ4v) is 9.33. The lowest BCUT2D eigenvalue weighted by atomic mass is 10.0. The molecule has 6 nitrogen and oxygen atoms in total. The van der Waals surface area contributed by atoms with Crippen LogP contribution in [0.4, 0.5) is 0 Å². The molecule has 0 saturated carbocycles. The lowest BCUT2D eigenvalue weighted by molar-refractivity contribution is -0.167. The van der Waals surface area contributed by atoms with Gasteiger partial charge in [-0.25, -0.2) is 0 Å². The average molecular weight is 1120 g/mol. The van der Waals surface area contributed by atoms with Crippen LogP contribution in [0.25, 0.3) is 0 Å². The third-order valence-electron chi connectivity index (χ3n) is 14.4. The minimum atomic E-state index is -0.797. The summed E-state index contributed by atoms with van der Waals surface area (Å²) in [5.74, 6) is -0.913. The van der Waals surface area contributed by atoms with E-state index in [1.54, 1.807) is 0 Å². The molecule has 462 valence electrons. The molecule has 0 rings (SSSR count). The number of allylic oxidation sites excluding steroid dienone is 20. The zero-order valence-electron chi connectivity index (χ0n) is 53.0. The Morgan fingerprint density at radius 3 is 0.778 bits per heavy atom. The highest BCUT2D eigenvalue weighted by atomic mass is 16.6. The number of carbonyl (C=O) groups excluding carboxylic acids is 3. The molecule has 0 fully saturated rings. The number of rotatable bonds is 61. The molecule has 0 spiro atoms. The van der Waals surface area contributed by atoms with Crippen molar-refractivity contribution in [1.29, 1.82) is 0 Å². The van der Waals surface area contributed by atoms with Gasteiger partial charge in [-0.05, 0) is 135 Å². The van der Waals surface area contributed by atoms with Gasteiger partial charge in [-0.2, -0.15) is 0 Å². The summed E-state index contributed by atoms with van der Waals surface area (Å²) in [5.41, 5.74) is 0.